The van der Waals surface area contributed by atoms with E-state index in [1.165, 1.54) is 41.4 Å². The van der Waals surface area contributed by atoms with Crippen LogP contribution in [0.3, 0.4) is 0 Å². The van der Waals surface area contributed by atoms with Gasteiger partial charge in [0.25, 0.3) is 6.43 Å². The summed E-state index contributed by atoms with van der Waals surface area (Å²) < 4.78 is 70.2. The average molecular weight is 555 g/mol. The van der Waals surface area contributed by atoms with Gasteiger partial charge in [0.15, 0.2) is 11.5 Å². The summed E-state index contributed by atoms with van der Waals surface area (Å²) in [7, 11) is 0. The van der Waals surface area contributed by atoms with Crippen LogP contribution in [-0.4, -0.2) is 45.2 Å². The van der Waals surface area contributed by atoms with Gasteiger partial charge in [-0.15, -0.1) is 5.10 Å². The average Bonchev–Trinajstić information content (AvgIpc) is 3.65. The van der Waals surface area contributed by atoms with E-state index in [4.69, 9.17) is 0 Å². The summed E-state index contributed by atoms with van der Waals surface area (Å²) in [4.78, 5) is 29.7. The molecule has 0 saturated heterocycles. The molecule has 40 heavy (non-hydrogen) atoms. The van der Waals surface area contributed by atoms with Crippen molar-refractivity contribution in [1.82, 2.24) is 39.3 Å². The van der Waals surface area contributed by atoms with Gasteiger partial charge in [-0.25, -0.2) is 32.9 Å². The molecule has 0 radical (unpaired) electrons. The Kier molecular flexibility index (Phi) is 6.00. The summed E-state index contributed by atoms with van der Waals surface area (Å²) in [5, 5.41) is 10.5. The fraction of sp³-hybridized carbons (Fsp3) is 0.240. The number of fused-ring (bicyclic) bond motifs is 3. The van der Waals surface area contributed by atoms with Crippen LogP contribution in [0.5, 0.6) is 0 Å². The highest BCUT2D eigenvalue weighted by atomic mass is 19.3. The molecule has 1 aliphatic rings. The molecule has 0 spiro atoms. The molecule has 0 aromatic carbocycles. The molecular weight excluding hydrogens is 537 g/mol. The summed E-state index contributed by atoms with van der Waals surface area (Å²) in [5.41, 5.74) is -0.692. The lowest BCUT2D eigenvalue weighted by molar-refractivity contribution is -0.117. The van der Waals surface area contributed by atoms with Crippen LogP contribution in [0.4, 0.5) is 27.6 Å². The molecule has 1 amide bonds. The Labute approximate surface area is 221 Å². The van der Waals surface area contributed by atoms with Gasteiger partial charge in [-0.05, 0) is 31.5 Å². The number of nitrogens with one attached hydrogen (secondary N) is 1. The summed E-state index contributed by atoms with van der Waals surface area (Å²) in [6.45, 7) is -1.21. The molecule has 6 rings (SSSR count). The number of hydrogen-bond acceptors (Lipinski definition) is 7. The molecule has 5 heterocycles. The molecule has 0 fully saturated rings. The number of halogens is 5. The van der Waals surface area contributed by atoms with E-state index in [0.717, 1.165) is 18.3 Å². The standard InChI is InChI=1S/C25H18F5N9O/c1-25(16-3-6-38(36-16)24(29)30)9-14(15-11-33-18-8-17(26)37-39(18)20(15)25)23(40)35-12-7-13(21(27)28)19(34-10-12)22-31-4-2-5-32-22/h2-8,10-11,14,21,24H,9H2,1H3,(H,35,40)/t14-,25-/m1/s1. The summed E-state index contributed by atoms with van der Waals surface area (Å²) in [5.74, 6) is -2.35. The molecule has 204 valence electrons. The minimum atomic E-state index is -2.93. The Hall–Kier alpha value is -4.82. The first kappa shape index (κ1) is 25.5. The maximum atomic E-state index is 14.1. The van der Waals surface area contributed by atoms with Crippen molar-refractivity contribution in [3.05, 3.63) is 83.7 Å². The highest BCUT2D eigenvalue weighted by molar-refractivity contribution is 5.97. The number of anilines is 1. The van der Waals surface area contributed by atoms with Crippen LogP contribution < -0.4 is 5.32 Å². The maximum absolute atomic E-state index is 14.1. The van der Waals surface area contributed by atoms with Gasteiger partial charge in [-0.1, -0.05) is 0 Å². The number of aromatic nitrogens is 8. The van der Waals surface area contributed by atoms with Crippen LogP contribution in [0, 0.1) is 5.95 Å². The van der Waals surface area contributed by atoms with E-state index < -0.39 is 41.7 Å². The zero-order valence-corrected chi connectivity index (χ0v) is 20.5. The molecule has 1 N–H and O–H groups in total. The lowest BCUT2D eigenvalue weighted by Crippen LogP contribution is -2.26. The van der Waals surface area contributed by atoms with Gasteiger partial charge in [-0.2, -0.15) is 18.3 Å². The molecule has 10 nitrogen and oxygen atoms in total. The number of nitrogens with zero attached hydrogens (tertiary/aromatic N) is 8. The Bertz CT molecular complexity index is 1740. The largest absolute Gasteiger partial charge is 0.333 e. The van der Waals surface area contributed by atoms with Crippen LogP contribution in [0.15, 0.2) is 55.2 Å². The van der Waals surface area contributed by atoms with E-state index in [9.17, 15) is 26.7 Å². The lowest BCUT2D eigenvalue weighted by Gasteiger charge is -2.23. The zero-order valence-electron chi connectivity index (χ0n) is 20.5. The number of carbonyl (C=O) groups is 1. The predicted molar refractivity (Wildman–Crippen MR) is 129 cm³/mol. The number of hydrogen-bond donors (Lipinski definition) is 1. The predicted octanol–water partition coefficient (Wildman–Crippen LogP) is 4.68. The highest BCUT2D eigenvalue weighted by Gasteiger charge is 2.48. The van der Waals surface area contributed by atoms with Crippen LogP contribution >= 0.6 is 0 Å². The number of rotatable bonds is 6. The van der Waals surface area contributed by atoms with Crippen molar-refractivity contribution < 1.29 is 26.7 Å². The van der Waals surface area contributed by atoms with Gasteiger partial charge >= 0.3 is 6.55 Å². The van der Waals surface area contributed by atoms with E-state index in [0.29, 0.717) is 15.9 Å². The van der Waals surface area contributed by atoms with Crippen molar-refractivity contribution in [3.8, 4) is 11.5 Å². The minimum absolute atomic E-state index is 0.000874. The van der Waals surface area contributed by atoms with E-state index in [1.54, 1.807) is 6.92 Å². The third-order valence-corrected chi connectivity index (χ3v) is 6.88. The second kappa shape index (κ2) is 9.43. The first-order valence-electron chi connectivity index (χ1n) is 11.9. The van der Waals surface area contributed by atoms with E-state index in [1.807, 2.05) is 0 Å². The van der Waals surface area contributed by atoms with Crippen molar-refractivity contribution >= 4 is 17.2 Å². The third-order valence-electron chi connectivity index (χ3n) is 6.88. The zero-order chi connectivity index (χ0) is 28.2. The monoisotopic (exact) mass is 555 g/mol. The smallest absolute Gasteiger partial charge is 0.324 e. The SMILES string of the molecule is C[C@]1(c2ccn(C(F)F)n2)C[C@@H](C(=O)Nc2cnc(-c3ncccn3)c(C(F)F)c2)c2cnc3cc(F)nn3c21. The number of pyridine rings is 1. The van der Waals surface area contributed by atoms with Crippen molar-refractivity contribution in [2.75, 3.05) is 5.32 Å². The van der Waals surface area contributed by atoms with Gasteiger partial charge < -0.3 is 5.32 Å². The number of carbonyl (C=O) groups excluding carboxylic acids is 1. The lowest BCUT2D eigenvalue weighted by atomic mass is 9.82. The van der Waals surface area contributed by atoms with Gasteiger partial charge in [0.05, 0.1) is 34.6 Å². The first-order chi connectivity index (χ1) is 19.2. The molecule has 0 aliphatic heterocycles. The van der Waals surface area contributed by atoms with Crippen molar-refractivity contribution in [3.63, 3.8) is 0 Å². The summed E-state index contributed by atoms with van der Waals surface area (Å²) in [6.07, 6.45) is 3.59. The van der Waals surface area contributed by atoms with E-state index in [2.05, 4.69) is 35.5 Å². The summed E-state index contributed by atoms with van der Waals surface area (Å²) >= 11 is 0. The molecule has 15 heteroatoms. The molecular formula is C25H18F5N9O. The molecule has 0 bridgehead atoms. The normalized spacial score (nSPS) is 18.6. The van der Waals surface area contributed by atoms with Gasteiger partial charge in [0.1, 0.15) is 5.69 Å². The van der Waals surface area contributed by atoms with Gasteiger partial charge in [0, 0.05) is 42.0 Å². The van der Waals surface area contributed by atoms with Crippen LogP contribution in [-0.2, 0) is 10.2 Å². The van der Waals surface area contributed by atoms with Crippen molar-refractivity contribution in [2.24, 2.45) is 0 Å². The van der Waals surface area contributed by atoms with Crippen LogP contribution in [0.2, 0.25) is 0 Å². The Morgan fingerprint density at radius 3 is 2.55 bits per heavy atom. The van der Waals surface area contributed by atoms with Crippen LogP contribution in [0.25, 0.3) is 17.2 Å². The minimum Gasteiger partial charge on any atom is -0.324 e. The first-order valence-corrected chi connectivity index (χ1v) is 11.9. The molecule has 1 aliphatic carbocycles. The van der Waals surface area contributed by atoms with Crippen molar-refractivity contribution in [2.45, 2.75) is 37.7 Å². The molecule has 5 aromatic rings. The quantitative estimate of drug-likeness (QED) is 0.303. The van der Waals surface area contributed by atoms with Gasteiger partial charge in [-0.3, -0.25) is 9.78 Å². The fourth-order valence-electron chi connectivity index (χ4n) is 5.10. The molecule has 5 aromatic heterocycles. The van der Waals surface area contributed by atoms with E-state index in [-0.39, 0.29) is 35.0 Å². The Morgan fingerprint density at radius 2 is 1.85 bits per heavy atom. The Morgan fingerprint density at radius 1 is 1.07 bits per heavy atom. The molecule has 0 saturated carbocycles. The topological polar surface area (TPSA) is 116 Å². The van der Waals surface area contributed by atoms with E-state index >= 15 is 0 Å². The fourth-order valence-corrected chi connectivity index (χ4v) is 5.10. The molecule has 0 unspecified atom stereocenters. The second-order valence-corrected chi connectivity index (χ2v) is 9.37. The van der Waals surface area contributed by atoms with Crippen molar-refractivity contribution in [1.29, 1.82) is 0 Å². The highest BCUT2D eigenvalue weighted by Crippen LogP contribution is 2.49. The maximum Gasteiger partial charge on any atom is 0.333 e. The summed E-state index contributed by atoms with van der Waals surface area (Å²) in [6, 6.07) is 5.11. The van der Waals surface area contributed by atoms with Gasteiger partial charge in [0.2, 0.25) is 11.9 Å². The Balaban J connectivity index is 1.39. The number of alkyl halides is 4. The third kappa shape index (κ3) is 4.13. The van der Waals surface area contributed by atoms with Crippen LogP contribution in [0.1, 0.15) is 54.8 Å². The molecule has 2 atom stereocenters. The number of amides is 1. The second-order valence-electron chi connectivity index (χ2n) is 9.37.